The highest BCUT2D eigenvalue weighted by atomic mass is 16.7. The number of aryl methyl sites for hydroxylation is 2. The molecule has 0 aliphatic carbocycles. The zero-order valence-corrected chi connectivity index (χ0v) is 17.3. The maximum atomic E-state index is 12.3. The van der Waals surface area contributed by atoms with Crippen LogP contribution in [0.25, 0.3) is 21.7 Å². The van der Waals surface area contributed by atoms with Crippen molar-refractivity contribution in [3.05, 3.63) is 51.4 Å². The second-order valence-electron chi connectivity index (χ2n) is 7.33. The molecule has 0 fully saturated rings. The number of benzene rings is 2. The van der Waals surface area contributed by atoms with Crippen LogP contribution in [0, 0.1) is 6.92 Å². The first-order chi connectivity index (χ1) is 13.7. The van der Waals surface area contributed by atoms with Gasteiger partial charge in [0.05, 0.1) is 0 Å². The van der Waals surface area contributed by atoms with Gasteiger partial charge in [-0.05, 0) is 47.9 Å². The Morgan fingerprint density at radius 2 is 1.79 bits per heavy atom. The third-order valence-electron chi connectivity index (χ3n) is 5.02. The number of rotatable bonds is 5. The summed E-state index contributed by atoms with van der Waals surface area (Å²) >= 11 is 0. The number of ether oxygens (including phenoxy) is 2. The van der Waals surface area contributed by atoms with E-state index in [1.807, 2.05) is 12.1 Å². The lowest BCUT2D eigenvalue weighted by Crippen LogP contribution is -2.29. The normalized spacial score (nSPS) is 10.9. The molecule has 1 heterocycles. The first kappa shape index (κ1) is 20.6. The van der Waals surface area contributed by atoms with E-state index in [0.717, 1.165) is 17.2 Å². The maximum Gasteiger partial charge on any atom is 0.351 e. The van der Waals surface area contributed by atoms with Crippen LogP contribution in [0.5, 0.6) is 0 Å². The molecule has 0 aliphatic heterocycles. The molecule has 2 aromatic carbocycles. The van der Waals surface area contributed by atoms with Crippen LogP contribution in [0.2, 0.25) is 13.6 Å². The summed E-state index contributed by atoms with van der Waals surface area (Å²) in [6, 6.07) is 7.36. The van der Waals surface area contributed by atoms with E-state index >= 15 is 0 Å². The zero-order chi connectivity index (χ0) is 21.3. The number of hydrogen-bond acceptors (Lipinski definition) is 6. The Bertz CT molecular complexity index is 1180. The fourth-order valence-corrected chi connectivity index (χ4v) is 3.76. The lowest BCUT2D eigenvalue weighted by atomic mass is 9.47. The number of hydrogen-bond donors (Lipinski definition) is 0. The Labute approximate surface area is 168 Å². The summed E-state index contributed by atoms with van der Waals surface area (Å²) < 4.78 is 14.8. The average molecular weight is 394 g/mol. The average Bonchev–Trinajstić information content (AvgIpc) is 2.65. The first-order valence-electron chi connectivity index (χ1n) is 9.57. The molecule has 0 atom stereocenters. The van der Waals surface area contributed by atoms with Crippen molar-refractivity contribution in [1.29, 1.82) is 0 Å². The Hall–Kier alpha value is -3.09. The summed E-state index contributed by atoms with van der Waals surface area (Å²) in [6.45, 7) is 9.57. The van der Waals surface area contributed by atoms with E-state index in [1.165, 1.54) is 29.6 Å². The summed E-state index contributed by atoms with van der Waals surface area (Å²) in [7, 11) is 0. The highest BCUT2D eigenvalue weighted by Crippen LogP contribution is 2.26. The highest BCUT2D eigenvalue weighted by molar-refractivity contribution is 6.72. The van der Waals surface area contributed by atoms with Crippen molar-refractivity contribution in [3.8, 4) is 0 Å². The highest BCUT2D eigenvalue weighted by Gasteiger charge is 2.18. The molecule has 0 radical (unpaired) electrons. The predicted molar refractivity (Wildman–Crippen MR) is 113 cm³/mol. The smallest absolute Gasteiger partial charge is 0.351 e. The minimum atomic E-state index is -0.900. The molecule has 150 valence electrons. The Morgan fingerprint density at radius 3 is 2.41 bits per heavy atom. The Morgan fingerprint density at radius 1 is 1.07 bits per heavy atom. The molecular weight excluding hydrogens is 371 g/mol. The Kier molecular flexibility index (Phi) is 5.77. The second-order valence-corrected chi connectivity index (χ2v) is 7.33. The summed E-state index contributed by atoms with van der Waals surface area (Å²) in [5.74, 6) is -1.49. The molecule has 0 saturated carbocycles. The van der Waals surface area contributed by atoms with E-state index in [0.29, 0.717) is 17.7 Å². The quantitative estimate of drug-likeness (QED) is 0.217. The van der Waals surface area contributed by atoms with Gasteiger partial charge in [0.25, 0.3) is 0 Å². The van der Waals surface area contributed by atoms with Crippen molar-refractivity contribution in [3.63, 3.8) is 0 Å². The summed E-state index contributed by atoms with van der Waals surface area (Å²) in [4.78, 5) is 35.2. The van der Waals surface area contributed by atoms with Gasteiger partial charge in [-0.2, -0.15) is 0 Å². The van der Waals surface area contributed by atoms with Crippen LogP contribution >= 0.6 is 0 Å². The third-order valence-corrected chi connectivity index (χ3v) is 5.02. The standard InChI is InChI=1S/C22H23BO6/c1-6-14-7-15-8-16-9-18(21(25)28-11-27-13(3)24)22(26)29-19(16)10-17(15)12(2)20(14)23(4)5/h7-10H,6,11H2,1-5H3. The fraction of sp³-hybridized carbons (Fsp3) is 0.318. The molecule has 29 heavy (non-hydrogen) atoms. The number of esters is 2. The van der Waals surface area contributed by atoms with Crippen molar-refractivity contribution < 1.29 is 23.5 Å². The minimum Gasteiger partial charge on any atom is -0.428 e. The summed E-state index contributed by atoms with van der Waals surface area (Å²) in [5, 5.41) is 2.66. The van der Waals surface area contributed by atoms with Gasteiger partial charge in [-0.25, -0.2) is 9.59 Å². The van der Waals surface area contributed by atoms with Gasteiger partial charge in [-0.3, -0.25) is 4.79 Å². The van der Waals surface area contributed by atoms with Gasteiger partial charge >= 0.3 is 17.6 Å². The molecule has 1 aromatic heterocycles. The molecule has 6 nitrogen and oxygen atoms in total. The SMILES string of the molecule is CCc1cc2cc3cc(C(=O)OCOC(C)=O)c(=O)oc3cc2c(C)c1B(C)C. The lowest BCUT2D eigenvalue weighted by molar-refractivity contribution is -0.149. The molecule has 7 heteroatoms. The van der Waals surface area contributed by atoms with Gasteiger partial charge in [0, 0.05) is 12.3 Å². The van der Waals surface area contributed by atoms with Gasteiger partial charge in [0.2, 0.25) is 6.79 Å². The molecule has 3 rings (SSSR count). The summed E-state index contributed by atoms with van der Waals surface area (Å²) in [6.07, 6.45) is 0.917. The Balaban J connectivity index is 2.12. The van der Waals surface area contributed by atoms with E-state index < -0.39 is 24.4 Å². The number of fused-ring (bicyclic) bond motifs is 2. The minimum absolute atomic E-state index is 0.241. The maximum absolute atomic E-state index is 12.3. The molecule has 0 saturated heterocycles. The predicted octanol–water partition coefficient (Wildman–Crippen LogP) is 3.46. The van der Waals surface area contributed by atoms with Gasteiger partial charge in [0.15, 0.2) is 6.71 Å². The van der Waals surface area contributed by atoms with E-state index in [-0.39, 0.29) is 5.56 Å². The van der Waals surface area contributed by atoms with Crippen molar-refractivity contribution in [2.24, 2.45) is 0 Å². The van der Waals surface area contributed by atoms with Crippen LogP contribution in [-0.4, -0.2) is 25.4 Å². The van der Waals surface area contributed by atoms with Crippen molar-refractivity contribution >= 4 is 45.9 Å². The van der Waals surface area contributed by atoms with E-state index in [2.05, 4.69) is 38.3 Å². The van der Waals surface area contributed by atoms with E-state index in [1.54, 1.807) is 0 Å². The number of carbonyl (C=O) groups excluding carboxylic acids is 2. The molecule has 0 bridgehead atoms. The van der Waals surface area contributed by atoms with Crippen molar-refractivity contribution in [2.45, 2.75) is 40.8 Å². The van der Waals surface area contributed by atoms with E-state index in [9.17, 15) is 14.4 Å². The molecule has 0 aliphatic rings. The molecule has 3 aromatic rings. The fourth-order valence-electron chi connectivity index (χ4n) is 3.76. The molecule has 0 unspecified atom stereocenters. The second kappa shape index (κ2) is 8.11. The van der Waals surface area contributed by atoms with Gasteiger partial charge < -0.3 is 13.9 Å². The monoisotopic (exact) mass is 394 g/mol. The van der Waals surface area contributed by atoms with Gasteiger partial charge in [0.1, 0.15) is 11.1 Å². The lowest BCUT2D eigenvalue weighted by Gasteiger charge is -2.17. The zero-order valence-electron chi connectivity index (χ0n) is 17.3. The van der Waals surface area contributed by atoms with Crippen LogP contribution < -0.4 is 11.1 Å². The first-order valence-corrected chi connectivity index (χ1v) is 9.57. The van der Waals surface area contributed by atoms with Crippen LogP contribution in [-0.2, 0) is 20.7 Å². The van der Waals surface area contributed by atoms with Crippen molar-refractivity contribution in [2.75, 3.05) is 6.79 Å². The molecule has 0 N–H and O–H groups in total. The molecule has 0 spiro atoms. The van der Waals surface area contributed by atoms with Crippen LogP contribution in [0.3, 0.4) is 0 Å². The van der Waals surface area contributed by atoms with E-state index in [4.69, 9.17) is 9.15 Å². The van der Waals surface area contributed by atoms with Crippen LogP contribution in [0.4, 0.5) is 0 Å². The van der Waals surface area contributed by atoms with Crippen molar-refractivity contribution in [1.82, 2.24) is 0 Å². The topological polar surface area (TPSA) is 82.8 Å². The number of carbonyl (C=O) groups is 2. The van der Waals surface area contributed by atoms with Crippen LogP contribution in [0.15, 0.2) is 33.5 Å². The van der Waals surface area contributed by atoms with Gasteiger partial charge in [-0.1, -0.05) is 37.7 Å². The van der Waals surface area contributed by atoms with Crippen LogP contribution in [0.1, 0.15) is 35.3 Å². The third kappa shape index (κ3) is 4.04. The molecular formula is C22H23BO6. The summed E-state index contributed by atoms with van der Waals surface area (Å²) in [5.41, 5.74) is 3.13. The molecule has 0 amide bonds. The largest absolute Gasteiger partial charge is 0.428 e. The van der Waals surface area contributed by atoms with Gasteiger partial charge in [-0.15, -0.1) is 0 Å².